The number of benzene rings is 1. The number of nitrogens with zero attached hydrogens (tertiary/aromatic N) is 1. The monoisotopic (exact) mass is 447 g/mol. The Hall–Kier alpha value is -1.44. The van der Waals surface area contributed by atoms with Crippen LogP contribution in [0.25, 0.3) is 0 Å². The lowest BCUT2D eigenvalue weighted by atomic mass is 9.84. The van der Waals surface area contributed by atoms with Gasteiger partial charge in [-0.3, -0.25) is 9.69 Å². The summed E-state index contributed by atoms with van der Waals surface area (Å²) in [4.78, 5) is 15.1. The largest absolute Gasteiger partial charge is 0.352 e. The number of fused-ring (bicyclic) bond motifs is 2. The molecule has 5 unspecified atom stereocenters. The van der Waals surface area contributed by atoms with E-state index in [9.17, 15) is 13.2 Å². The molecule has 3 fully saturated rings. The van der Waals surface area contributed by atoms with Gasteiger partial charge in [-0.15, -0.1) is 0 Å². The fourth-order valence-electron chi connectivity index (χ4n) is 6.01. The van der Waals surface area contributed by atoms with Crippen LogP contribution < -0.4 is 10.0 Å². The van der Waals surface area contributed by atoms with E-state index in [2.05, 4.69) is 21.9 Å². The molecule has 3 aliphatic rings. The van der Waals surface area contributed by atoms with E-state index in [4.69, 9.17) is 0 Å². The number of piperidine rings is 1. The summed E-state index contributed by atoms with van der Waals surface area (Å²) in [5.41, 5.74) is 1.04. The summed E-state index contributed by atoms with van der Waals surface area (Å²) < 4.78 is 27.9. The molecule has 2 N–H and O–H groups in total. The molecule has 0 radical (unpaired) electrons. The maximum absolute atomic E-state index is 12.7. The standard InChI is InChI=1S/C24H37N3O3S/c1-17-5-9-22(10-6-17)31(29,30)25-14-20-4-3-11-27(15-20)16-24(28)26-18(2)23-13-19-7-8-21(23)12-19/h5-6,9-10,18-21,23,25H,3-4,7-8,11-16H2,1-2H3,(H,26,28). The number of amides is 1. The molecule has 1 aliphatic heterocycles. The van der Waals surface area contributed by atoms with Crippen LogP contribution in [0.15, 0.2) is 29.2 Å². The van der Waals surface area contributed by atoms with E-state index in [0.717, 1.165) is 43.3 Å². The average Bonchev–Trinajstić information content (AvgIpc) is 3.37. The van der Waals surface area contributed by atoms with Gasteiger partial charge < -0.3 is 5.32 Å². The first-order valence-electron chi connectivity index (χ1n) is 11.9. The SMILES string of the molecule is Cc1ccc(S(=O)(=O)NCC2CCCN(CC(=O)NC(C)C3CC4CCC3C4)C2)cc1. The zero-order chi connectivity index (χ0) is 22.0. The van der Waals surface area contributed by atoms with E-state index in [1.54, 1.807) is 12.1 Å². The molecule has 4 rings (SSSR count). The first-order valence-corrected chi connectivity index (χ1v) is 13.4. The van der Waals surface area contributed by atoms with Gasteiger partial charge in [0.25, 0.3) is 0 Å². The Morgan fingerprint density at radius 3 is 2.61 bits per heavy atom. The Kier molecular flexibility index (Phi) is 7.04. The summed E-state index contributed by atoms with van der Waals surface area (Å²) in [6.07, 6.45) is 7.32. The summed E-state index contributed by atoms with van der Waals surface area (Å²) in [6, 6.07) is 7.17. The first-order chi connectivity index (χ1) is 14.8. The number of hydrogen-bond donors (Lipinski definition) is 2. The molecular formula is C24H37N3O3S. The molecule has 1 aromatic carbocycles. The van der Waals surface area contributed by atoms with Gasteiger partial charge >= 0.3 is 0 Å². The molecule has 7 heteroatoms. The molecule has 31 heavy (non-hydrogen) atoms. The molecule has 1 heterocycles. The number of sulfonamides is 1. The molecule has 1 saturated heterocycles. The van der Waals surface area contributed by atoms with Crippen LogP contribution in [-0.4, -0.2) is 51.4 Å². The summed E-state index contributed by atoms with van der Waals surface area (Å²) in [5, 5.41) is 3.26. The van der Waals surface area contributed by atoms with E-state index in [1.807, 2.05) is 19.1 Å². The Labute approximate surface area is 187 Å². The van der Waals surface area contributed by atoms with E-state index < -0.39 is 10.0 Å². The quantitative estimate of drug-likeness (QED) is 0.642. The summed E-state index contributed by atoms with van der Waals surface area (Å²) in [6.45, 7) is 6.59. The minimum absolute atomic E-state index is 0.108. The van der Waals surface area contributed by atoms with Crippen LogP contribution in [0, 0.1) is 30.6 Å². The second-order valence-corrected chi connectivity index (χ2v) is 11.9. The Balaban J connectivity index is 1.23. The molecule has 1 amide bonds. The number of aryl methyl sites for hydroxylation is 1. The molecule has 5 atom stereocenters. The van der Waals surface area contributed by atoms with Crippen LogP contribution in [0.2, 0.25) is 0 Å². The number of carbonyl (C=O) groups is 1. The minimum Gasteiger partial charge on any atom is -0.352 e. The van der Waals surface area contributed by atoms with Crippen molar-refractivity contribution in [1.29, 1.82) is 0 Å². The van der Waals surface area contributed by atoms with Crippen molar-refractivity contribution in [3.63, 3.8) is 0 Å². The number of carbonyl (C=O) groups excluding carboxylic acids is 1. The third kappa shape index (κ3) is 5.68. The lowest BCUT2D eigenvalue weighted by Gasteiger charge is -2.33. The second-order valence-electron chi connectivity index (χ2n) is 10.1. The average molecular weight is 448 g/mol. The van der Waals surface area contributed by atoms with Gasteiger partial charge in [-0.2, -0.15) is 0 Å². The highest BCUT2D eigenvalue weighted by Gasteiger charge is 2.42. The fourth-order valence-corrected chi connectivity index (χ4v) is 7.12. The fraction of sp³-hybridized carbons (Fsp3) is 0.708. The number of nitrogens with one attached hydrogen (secondary N) is 2. The van der Waals surface area contributed by atoms with Crippen molar-refractivity contribution in [2.24, 2.45) is 23.7 Å². The molecule has 2 aliphatic carbocycles. The molecule has 1 aromatic rings. The topological polar surface area (TPSA) is 78.5 Å². The summed E-state index contributed by atoms with van der Waals surface area (Å²) in [5.74, 6) is 2.68. The van der Waals surface area contributed by atoms with Crippen LogP contribution in [0.3, 0.4) is 0 Å². The highest BCUT2D eigenvalue weighted by atomic mass is 32.2. The van der Waals surface area contributed by atoms with Gasteiger partial charge in [0.1, 0.15) is 0 Å². The van der Waals surface area contributed by atoms with Crippen LogP contribution in [-0.2, 0) is 14.8 Å². The van der Waals surface area contributed by atoms with E-state index in [-0.39, 0.29) is 17.9 Å². The van der Waals surface area contributed by atoms with Gasteiger partial charge in [0.15, 0.2) is 0 Å². The summed E-state index contributed by atoms with van der Waals surface area (Å²) in [7, 11) is -3.49. The van der Waals surface area contributed by atoms with Gasteiger partial charge in [-0.25, -0.2) is 13.1 Å². The van der Waals surface area contributed by atoms with Crippen molar-refractivity contribution in [3.05, 3.63) is 29.8 Å². The highest BCUT2D eigenvalue weighted by Crippen LogP contribution is 2.49. The van der Waals surface area contributed by atoms with Crippen molar-refractivity contribution in [2.75, 3.05) is 26.2 Å². The Bertz CT molecular complexity index is 871. The molecule has 0 aromatic heterocycles. The van der Waals surface area contributed by atoms with Crippen LogP contribution >= 0.6 is 0 Å². The smallest absolute Gasteiger partial charge is 0.240 e. The van der Waals surface area contributed by atoms with Gasteiger partial charge in [0, 0.05) is 19.1 Å². The Morgan fingerprint density at radius 1 is 1.16 bits per heavy atom. The van der Waals surface area contributed by atoms with Crippen molar-refractivity contribution in [3.8, 4) is 0 Å². The molecule has 2 bridgehead atoms. The van der Waals surface area contributed by atoms with Crippen molar-refractivity contribution in [2.45, 2.75) is 63.3 Å². The molecule has 0 spiro atoms. The van der Waals surface area contributed by atoms with Crippen LogP contribution in [0.4, 0.5) is 0 Å². The van der Waals surface area contributed by atoms with Gasteiger partial charge in [0.05, 0.1) is 11.4 Å². The second kappa shape index (κ2) is 9.59. The van der Waals surface area contributed by atoms with Crippen molar-refractivity contribution >= 4 is 15.9 Å². The molecule has 2 saturated carbocycles. The van der Waals surface area contributed by atoms with Crippen LogP contribution in [0.5, 0.6) is 0 Å². The number of rotatable bonds is 8. The Morgan fingerprint density at radius 2 is 1.94 bits per heavy atom. The third-order valence-electron chi connectivity index (χ3n) is 7.69. The van der Waals surface area contributed by atoms with Crippen molar-refractivity contribution in [1.82, 2.24) is 14.9 Å². The zero-order valence-corrected chi connectivity index (χ0v) is 19.7. The molecule has 6 nitrogen and oxygen atoms in total. The molecular weight excluding hydrogens is 410 g/mol. The van der Waals surface area contributed by atoms with Gasteiger partial charge in [-0.05, 0) is 88.3 Å². The zero-order valence-electron chi connectivity index (χ0n) is 18.8. The lowest BCUT2D eigenvalue weighted by Crippen LogP contribution is -2.48. The predicted molar refractivity (Wildman–Crippen MR) is 122 cm³/mol. The van der Waals surface area contributed by atoms with Gasteiger partial charge in [-0.1, -0.05) is 24.1 Å². The predicted octanol–water partition coefficient (Wildman–Crippen LogP) is 2.93. The molecule has 172 valence electrons. The highest BCUT2D eigenvalue weighted by molar-refractivity contribution is 7.89. The first kappa shape index (κ1) is 22.7. The van der Waals surface area contributed by atoms with Crippen LogP contribution in [0.1, 0.15) is 51.0 Å². The normalized spacial score (nSPS) is 29.7. The van der Waals surface area contributed by atoms with Gasteiger partial charge in [0.2, 0.25) is 15.9 Å². The summed E-state index contributed by atoms with van der Waals surface area (Å²) >= 11 is 0. The maximum Gasteiger partial charge on any atom is 0.240 e. The number of hydrogen-bond acceptors (Lipinski definition) is 4. The van der Waals surface area contributed by atoms with E-state index in [1.165, 1.54) is 25.7 Å². The maximum atomic E-state index is 12.7. The minimum atomic E-state index is -3.49. The third-order valence-corrected chi connectivity index (χ3v) is 9.13. The van der Waals surface area contributed by atoms with E-state index in [0.29, 0.717) is 23.9 Å². The number of likely N-dealkylation sites (tertiary alicyclic amines) is 1. The van der Waals surface area contributed by atoms with E-state index >= 15 is 0 Å². The lowest BCUT2D eigenvalue weighted by molar-refractivity contribution is -0.123. The van der Waals surface area contributed by atoms with Crippen molar-refractivity contribution < 1.29 is 13.2 Å².